The van der Waals surface area contributed by atoms with Gasteiger partial charge in [-0.05, 0) is 30.5 Å². The highest BCUT2D eigenvalue weighted by Gasteiger charge is 2.17. The number of aromatic amines is 1. The van der Waals surface area contributed by atoms with E-state index in [1.54, 1.807) is 0 Å². The molecule has 0 atom stereocenters. The number of rotatable bonds is 6. The van der Waals surface area contributed by atoms with Gasteiger partial charge in [0.2, 0.25) is 10.0 Å². The molecule has 0 bridgehead atoms. The number of thioether (sulfide) groups is 1. The highest BCUT2D eigenvalue weighted by atomic mass is 32.2. The molecule has 0 radical (unpaired) electrons. The quantitative estimate of drug-likeness (QED) is 0.775. The van der Waals surface area contributed by atoms with Gasteiger partial charge in [0.1, 0.15) is 11.5 Å². The molecular formula is C15H18N4O4S2. The number of nitrogens with zero attached hydrogens (tertiary/aromatic N) is 2. The zero-order chi connectivity index (χ0) is 18.6. The van der Waals surface area contributed by atoms with Gasteiger partial charge in [0.05, 0.1) is 10.6 Å². The lowest BCUT2D eigenvalue weighted by Gasteiger charge is -2.12. The van der Waals surface area contributed by atoms with Gasteiger partial charge in [-0.15, -0.1) is 0 Å². The number of aromatic nitrogens is 2. The second-order valence-electron chi connectivity index (χ2n) is 5.28. The van der Waals surface area contributed by atoms with E-state index in [4.69, 9.17) is 0 Å². The van der Waals surface area contributed by atoms with E-state index >= 15 is 0 Å². The molecule has 0 unspecified atom stereocenters. The van der Waals surface area contributed by atoms with E-state index in [9.17, 15) is 18.0 Å². The van der Waals surface area contributed by atoms with E-state index in [2.05, 4.69) is 15.3 Å². The maximum Gasteiger partial charge on any atom is 0.274 e. The standard InChI is InChI=1S/C15H18N4O4S2/c1-19(2)25(22,23)11-6-4-10(5-7-11)16-15(21)12-8-14(20)18-13(17-12)9-24-3/h4-8H,9H2,1-3H3,(H,16,21)(H,17,18,20). The summed E-state index contributed by atoms with van der Waals surface area (Å²) >= 11 is 1.47. The summed E-state index contributed by atoms with van der Waals surface area (Å²) in [6.45, 7) is 0. The number of sulfonamides is 1. The molecule has 8 nitrogen and oxygen atoms in total. The van der Waals surface area contributed by atoms with Crippen LogP contribution in [0.15, 0.2) is 40.0 Å². The first-order valence-corrected chi connectivity index (χ1v) is 10.0. The van der Waals surface area contributed by atoms with Crippen molar-refractivity contribution in [3.05, 3.63) is 52.2 Å². The van der Waals surface area contributed by atoms with Crippen molar-refractivity contribution < 1.29 is 13.2 Å². The fourth-order valence-electron chi connectivity index (χ4n) is 1.95. The first kappa shape index (κ1) is 19.2. The lowest BCUT2D eigenvalue weighted by molar-refractivity contribution is 0.102. The van der Waals surface area contributed by atoms with E-state index in [-0.39, 0.29) is 10.6 Å². The van der Waals surface area contributed by atoms with Crippen molar-refractivity contribution >= 4 is 33.4 Å². The van der Waals surface area contributed by atoms with Crippen LogP contribution in [0.4, 0.5) is 5.69 Å². The molecule has 1 aromatic heterocycles. The number of H-pyrrole nitrogens is 1. The van der Waals surface area contributed by atoms with E-state index in [1.165, 1.54) is 50.1 Å². The minimum atomic E-state index is -3.53. The normalized spacial score (nSPS) is 11.5. The maximum absolute atomic E-state index is 12.3. The number of hydrogen-bond donors (Lipinski definition) is 2. The van der Waals surface area contributed by atoms with Gasteiger partial charge < -0.3 is 10.3 Å². The maximum atomic E-state index is 12.3. The molecule has 25 heavy (non-hydrogen) atoms. The minimum Gasteiger partial charge on any atom is -0.321 e. The Morgan fingerprint density at radius 1 is 1.28 bits per heavy atom. The third-order valence-electron chi connectivity index (χ3n) is 3.20. The summed E-state index contributed by atoms with van der Waals surface area (Å²) in [5.74, 6) is 0.349. The summed E-state index contributed by atoms with van der Waals surface area (Å²) in [4.78, 5) is 30.6. The molecule has 2 N–H and O–H groups in total. The summed E-state index contributed by atoms with van der Waals surface area (Å²) in [7, 11) is -0.651. The monoisotopic (exact) mass is 382 g/mol. The average molecular weight is 382 g/mol. The van der Waals surface area contributed by atoms with Crippen LogP contribution in [-0.2, 0) is 15.8 Å². The molecule has 0 spiro atoms. The van der Waals surface area contributed by atoms with Gasteiger partial charge in [-0.25, -0.2) is 17.7 Å². The van der Waals surface area contributed by atoms with Crippen molar-refractivity contribution in [1.29, 1.82) is 0 Å². The SMILES string of the molecule is CSCc1nc(C(=O)Nc2ccc(S(=O)(=O)N(C)C)cc2)cc(=O)[nH]1. The molecule has 1 amide bonds. The molecule has 0 saturated carbocycles. The Labute approximate surface area is 149 Å². The van der Waals surface area contributed by atoms with Gasteiger partial charge in [0, 0.05) is 25.8 Å². The lowest BCUT2D eigenvalue weighted by Crippen LogP contribution is -2.22. The van der Waals surface area contributed by atoms with E-state index < -0.39 is 21.5 Å². The van der Waals surface area contributed by atoms with Gasteiger partial charge in [-0.2, -0.15) is 11.8 Å². The molecule has 10 heteroatoms. The fraction of sp³-hybridized carbons (Fsp3) is 0.267. The van der Waals surface area contributed by atoms with E-state index in [0.717, 1.165) is 10.4 Å². The average Bonchev–Trinajstić information content (AvgIpc) is 2.55. The Balaban J connectivity index is 2.20. The van der Waals surface area contributed by atoms with Crippen molar-refractivity contribution in [2.75, 3.05) is 25.7 Å². The van der Waals surface area contributed by atoms with Crippen molar-refractivity contribution in [1.82, 2.24) is 14.3 Å². The number of nitrogens with one attached hydrogen (secondary N) is 2. The zero-order valence-electron chi connectivity index (χ0n) is 13.9. The molecule has 0 aliphatic rings. The molecule has 0 fully saturated rings. The fourth-order valence-corrected chi connectivity index (χ4v) is 3.26. The smallest absolute Gasteiger partial charge is 0.274 e. The molecule has 0 saturated heterocycles. The Morgan fingerprint density at radius 2 is 1.92 bits per heavy atom. The number of amides is 1. The number of carbonyl (C=O) groups is 1. The highest BCUT2D eigenvalue weighted by Crippen LogP contribution is 2.17. The molecule has 1 aromatic carbocycles. The second kappa shape index (κ2) is 7.81. The topological polar surface area (TPSA) is 112 Å². The van der Waals surface area contributed by atoms with Crippen LogP contribution >= 0.6 is 11.8 Å². The van der Waals surface area contributed by atoms with Crippen LogP contribution in [0.1, 0.15) is 16.3 Å². The molecule has 134 valence electrons. The molecular weight excluding hydrogens is 364 g/mol. The van der Waals surface area contributed by atoms with Crippen LogP contribution in [0.2, 0.25) is 0 Å². The summed E-state index contributed by atoms with van der Waals surface area (Å²) in [6, 6.07) is 6.86. The third kappa shape index (κ3) is 4.68. The number of carbonyl (C=O) groups excluding carboxylic acids is 1. The molecule has 0 aliphatic carbocycles. The summed E-state index contributed by atoms with van der Waals surface area (Å²) in [5, 5.41) is 2.59. The number of hydrogen-bond acceptors (Lipinski definition) is 6. The molecule has 0 aliphatic heterocycles. The first-order valence-electron chi connectivity index (χ1n) is 7.17. The Kier molecular flexibility index (Phi) is 5.98. The molecule has 2 rings (SSSR count). The van der Waals surface area contributed by atoms with Crippen molar-refractivity contribution in [2.24, 2.45) is 0 Å². The number of anilines is 1. The van der Waals surface area contributed by atoms with Gasteiger partial charge >= 0.3 is 0 Å². The zero-order valence-corrected chi connectivity index (χ0v) is 15.6. The Morgan fingerprint density at radius 3 is 2.48 bits per heavy atom. The Hall–Kier alpha value is -2.17. The van der Waals surface area contributed by atoms with Crippen LogP contribution in [-0.4, -0.2) is 48.9 Å². The van der Waals surface area contributed by atoms with Crippen LogP contribution < -0.4 is 10.9 Å². The second-order valence-corrected chi connectivity index (χ2v) is 8.29. The van der Waals surface area contributed by atoms with Crippen LogP contribution in [0.25, 0.3) is 0 Å². The molecule has 2 aromatic rings. The van der Waals surface area contributed by atoms with Gasteiger partial charge in [0.25, 0.3) is 11.5 Å². The van der Waals surface area contributed by atoms with Crippen LogP contribution in [0, 0.1) is 0 Å². The highest BCUT2D eigenvalue weighted by molar-refractivity contribution is 7.97. The van der Waals surface area contributed by atoms with Crippen molar-refractivity contribution in [2.45, 2.75) is 10.6 Å². The van der Waals surface area contributed by atoms with Crippen molar-refractivity contribution in [3.63, 3.8) is 0 Å². The van der Waals surface area contributed by atoms with Gasteiger partial charge in [0.15, 0.2) is 0 Å². The van der Waals surface area contributed by atoms with E-state index in [0.29, 0.717) is 17.3 Å². The third-order valence-corrected chi connectivity index (χ3v) is 5.59. The first-order chi connectivity index (χ1) is 11.7. The van der Waals surface area contributed by atoms with Gasteiger partial charge in [-0.1, -0.05) is 0 Å². The van der Waals surface area contributed by atoms with E-state index in [1.807, 2.05) is 6.26 Å². The lowest BCUT2D eigenvalue weighted by atomic mass is 10.3. The van der Waals surface area contributed by atoms with Crippen LogP contribution in [0.5, 0.6) is 0 Å². The number of benzene rings is 1. The summed E-state index contributed by atoms with van der Waals surface area (Å²) in [5.41, 5.74) is -0.00869. The minimum absolute atomic E-state index is 0.00205. The Bertz CT molecular complexity index is 921. The largest absolute Gasteiger partial charge is 0.321 e. The van der Waals surface area contributed by atoms with Crippen molar-refractivity contribution in [3.8, 4) is 0 Å². The predicted octanol–water partition coefficient (Wildman–Crippen LogP) is 1.14. The molecule has 1 heterocycles. The van der Waals surface area contributed by atoms with Gasteiger partial charge in [-0.3, -0.25) is 9.59 Å². The predicted molar refractivity (Wildman–Crippen MR) is 97.3 cm³/mol. The van der Waals surface area contributed by atoms with Crippen LogP contribution in [0.3, 0.4) is 0 Å². The summed E-state index contributed by atoms with van der Waals surface area (Å²) < 4.78 is 25.1. The summed E-state index contributed by atoms with van der Waals surface area (Å²) in [6.07, 6.45) is 1.86.